The molecule has 26 heavy (non-hydrogen) atoms. The molecule has 2 aliphatic rings. The number of carbonyl (C=O) groups excluding carboxylic acids is 1. The molecule has 1 N–H and O–H groups in total. The maximum Gasteiger partial charge on any atom is 0.417 e. The molecule has 136 valence electrons. The van der Waals surface area contributed by atoms with Gasteiger partial charge in [-0.2, -0.15) is 0 Å². The molecule has 2 atom stereocenters. The summed E-state index contributed by atoms with van der Waals surface area (Å²) in [6.45, 7) is 4.39. The lowest BCUT2D eigenvalue weighted by Gasteiger charge is -2.27. The van der Waals surface area contributed by atoms with E-state index in [9.17, 15) is 4.79 Å². The topological polar surface area (TPSA) is 41.6 Å². The molecule has 0 radical (unpaired) electrons. The lowest BCUT2D eigenvalue weighted by Crippen LogP contribution is -2.34. The second-order valence-corrected chi connectivity index (χ2v) is 8.39. The number of nitrogens with zero attached hydrogens (tertiary/aromatic N) is 1. The Kier molecular flexibility index (Phi) is 4.35. The van der Waals surface area contributed by atoms with Gasteiger partial charge in [0.05, 0.1) is 5.37 Å². The number of amides is 1. The molecule has 0 aliphatic carbocycles. The van der Waals surface area contributed by atoms with Crippen LogP contribution in [0.2, 0.25) is 0 Å². The van der Waals surface area contributed by atoms with E-state index in [0.29, 0.717) is 11.1 Å². The Balaban J connectivity index is 1.54. The minimum absolute atomic E-state index is 0.124. The fourth-order valence-electron chi connectivity index (χ4n) is 4.16. The molecule has 1 fully saturated rings. The highest BCUT2D eigenvalue weighted by Crippen LogP contribution is 2.55. The highest BCUT2D eigenvalue weighted by molar-refractivity contribution is 8.00. The van der Waals surface area contributed by atoms with Gasteiger partial charge in [0, 0.05) is 23.8 Å². The number of hydrogen-bond acceptors (Lipinski definition) is 4. The van der Waals surface area contributed by atoms with Crippen LogP contribution in [0.15, 0.2) is 42.5 Å². The van der Waals surface area contributed by atoms with E-state index < -0.39 is 6.09 Å². The molecular formula is C21H24N2O2S. The van der Waals surface area contributed by atoms with Gasteiger partial charge in [0.25, 0.3) is 0 Å². The third-order valence-electron chi connectivity index (χ3n) is 5.60. The normalized spacial score (nSPS) is 23.5. The van der Waals surface area contributed by atoms with Crippen molar-refractivity contribution in [3.05, 3.63) is 53.6 Å². The first kappa shape index (κ1) is 17.3. The highest BCUT2D eigenvalue weighted by Gasteiger charge is 2.50. The third kappa shape index (κ3) is 2.75. The molecule has 2 heterocycles. The van der Waals surface area contributed by atoms with Crippen LogP contribution in [0.4, 0.5) is 16.2 Å². The van der Waals surface area contributed by atoms with Gasteiger partial charge in [0.15, 0.2) is 0 Å². The van der Waals surface area contributed by atoms with Gasteiger partial charge >= 0.3 is 6.09 Å². The van der Waals surface area contributed by atoms with Crippen molar-refractivity contribution in [1.82, 2.24) is 0 Å². The molecule has 2 aromatic rings. The first-order chi connectivity index (χ1) is 12.5. The van der Waals surface area contributed by atoms with Gasteiger partial charge in [-0.05, 0) is 54.0 Å². The zero-order valence-electron chi connectivity index (χ0n) is 15.4. The number of benzene rings is 2. The number of nitrogens with one attached hydrogen (secondary N) is 1. The number of thioether (sulfide) groups is 1. The summed E-state index contributed by atoms with van der Waals surface area (Å²) in [5.74, 6) is 1.77. The van der Waals surface area contributed by atoms with Crippen molar-refractivity contribution < 1.29 is 9.53 Å². The number of rotatable bonds is 3. The van der Waals surface area contributed by atoms with Gasteiger partial charge in [-0.25, -0.2) is 4.79 Å². The molecule has 1 saturated heterocycles. The molecule has 2 aromatic carbocycles. The van der Waals surface area contributed by atoms with Crippen molar-refractivity contribution in [2.24, 2.45) is 0 Å². The summed E-state index contributed by atoms with van der Waals surface area (Å²) in [7, 11) is 2.15. The van der Waals surface area contributed by atoms with Crippen molar-refractivity contribution in [2.45, 2.75) is 37.5 Å². The standard InChI is InChI=1S/C21H24N2O2S/c1-4-14-7-5-6-8-17(14)22-20(24)25-15-9-10-18-16(13-15)21(2)11-12-26-19(21)23(18)3/h5-10,13,19H,4,11-12H2,1-3H3,(H,22,24). The molecule has 4 rings (SSSR count). The number of carbonyl (C=O) groups is 1. The molecule has 0 spiro atoms. The van der Waals surface area contributed by atoms with E-state index in [1.165, 1.54) is 17.0 Å². The molecule has 4 nitrogen and oxygen atoms in total. The van der Waals surface area contributed by atoms with Crippen LogP contribution in [0.25, 0.3) is 0 Å². The molecular weight excluding hydrogens is 344 g/mol. The van der Waals surface area contributed by atoms with Crippen LogP contribution in [0.1, 0.15) is 31.4 Å². The maximum atomic E-state index is 12.4. The average molecular weight is 369 g/mol. The molecule has 0 bridgehead atoms. The average Bonchev–Trinajstić information content (AvgIpc) is 3.12. The minimum atomic E-state index is -0.445. The first-order valence-electron chi connectivity index (χ1n) is 9.08. The smallest absolute Gasteiger partial charge is 0.410 e. The van der Waals surface area contributed by atoms with E-state index in [-0.39, 0.29) is 5.41 Å². The Morgan fingerprint density at radius 2 is 2.15 bits per heavy atom. The largest absolute Gasteiger partial charge is 0.417 e. The van der Waals surface area contributed by atoms with Gasteiger partial charge in [-0.1, -0.05) is 32.0 Å². The second kappa shape index (κ2) is 6.54. The number of anilines is 2. The third-order valence-corrected chi connectivity index (χ3v) is 7.19. The molecule has 5 heteroatoms. The van der Waals surface area contributed by atoms with Crippen LogP contribution >= 0.6 is 11.8 Å². The van der Waals surface area contributed by atoms with Crippen molar-refractivity contribution in [3.8, 4) is 5.75 Å². The number of likely N-dealkylation sites (N-methyl/N-ethyl adjacent to an activating group) is 1. The summed E-state index contributed by atoms with van der Waals surface area (Å²) >= 11 is 2.01. The number of hydrogen-bond donors (Lipinski definition) is 1. The van der Waals surface area contributed by atoms with Crippen LogP contribution < -0.4 is 15.0 Å². The van der Waals surface area contributed by atoms with Crippen LogP contribution in [0.5, 0.6) is 5.75 Å². The number of fused-ring (bicyclic) bond motifs is 3. The fourth-order valence-corrected chi connectivity index (χ4v) is 5.87. The summed E-state index contributed by atoms with van der Waals surface area (Å²) in [6, 6.07) is 13.8. The van der Waals surface area contributed by atoms with Crippen LogP contribution in [-0.2, 0) is 11.8 Å². The Hall–Kier alpha value is -2.14. The summed E-state index contributed by atoms with van der Waals surface area (Å²) in [4.78, 5) is 14.7. The Morgan fingerprint density at radius 3 is 2.96 bits per heavy atom. The van der Waals surface area contributed by atoms with Crippen molar-refractivity contribution >= 4 is 29.2 Å². The van der Waals surface area contributed by atoms with E-state index in [1.807, 2.05) is 48.2 Å². The minimum Gasteiger partial charge on any atom is -0.410 e. The first-order valence-corrected chi connectivity index (χ1v) is 10.1. The van der Waals surface area contributed by atoms with Crippen molar-refractivity contribution in [3.63, 3.8) is 0 Å². The van der Waals surface area contributed by atoms with Crippen LogP contribution in [0.3, 0.4) is 0 Å². The van der Waals surface area contributed by atoms with Crippen LogP contribution in [0, 0.1) is 0 Å². The zero-order chi connectivity index (χ0) is 18.3. The molecule has 1 amide bonds. The maximum absolute atomic E-state index is 12.4. The van der Waals surface area contributed by atoms with Gasteiger partial charge in [0.2, 0.25) is 0 Å². The quantitative estimate of drug-likeness (QED) is 0.825. The van der Waals surface area contributed by atoms with Gasteiger partial charge in [-0.15, -0.1) is 11.8 Å². The summed E-state index contributed by atoms with van der Waals surface area (Å²) in [5.41, 5.74) is 4.56. The summed E-state index contributed by atoms with van der Waals surface area (Å²) in [5, 5.41) is 3.34. The second-order valence-electron chi connectivity index (χ2n) is 7.21. The van der Waals surface area contributed by atoms with E-state index >= 15 is 0 Å². The summed E-state index contributed by atoms with van der Waals surface area (Å²) < 4.78 is 5.60. The number of aryl methyl sites for hydroxylation is 1. The van der Waals surface area contributed by atoms with Crippen LogP contribution in [-0.4, -0.2) is 24.3 Å². The Morgan fingerprint density at radius 1 is 1.35 bits per heavy atom. The van der Waals surface area contributed by atoms with Gasteiger partial charge in [0.1, 0.15) is 5.75 Å². The predicted molar refractivity (Wildman–Crippen MR) is 109 cm³/mol. The van der Waals surface area contributed by atoms with Gasteiger partial charge in [-0.3, -0.25) is 5.32 Å². The van der Waals surface area contributed by atoms with Crippen molar-refractivity contribution in [2.75, 3.05) is 23.0 Å². The van der Waals surface area contributed by atoms with Crippen molar-refractivity contribution in [1.29, 1.82) is 0 Å². The SMILES string of the molecule is CCc1ccccc1NC(=O)Oc1ccc2c(c1)C1(C)CCSC1N2C. The molecule has 0 aromatic heterocycles. The number of ether oxygens (including phenoxy) is 1. The Bertz CT molecular complexity index is 854. The lowest BCUT2D eigenvalue weighted by molar-refractivity contribution is 0.215. The number of para-hydroxylation sites is 1. The lowest BCUT2D eigenvalue weighted by atomic mass is 9.82. The van der Waals surface area contributed by atoms with E-state index in [0.717, 1.165) is 24.1 Å². The summed E-state index contributed by atoms with van der Waals surface area (Å²) in [6.07, 6.45) is 1.57. The molecule has 0 saturated carbocycles. The predicted octanol–water partition coefficient (Wildman–Crippen LogP) is 5.03. The Labute approximate surface area is 158 Å². The highest BCUT2D eigenvalue weighted by atomic mass is 32.2. The van der Waals surface area contributed by atoms with E-state index in [4.69, 9.17) is 4.74 Å². The molecule has 2 unspecified atom stereocenters. The molecule has 2 aliphatic heterocycles. The monoisotopic (exact) mass is 368 g/mol. The zero-order valence-corrected chi connectivity index (χ0v) is 16.2. The van der Waals surface area contributed by atoms with E-state index in [1.54, 1.807) is 0 Å². The fraction of sp³-hybridized carbons (Fsp3) is 0.381. The van der Waals surface area contributed by atoms with E-state index in [2.05, 4.69) is 37.2 Å². The van der Waals surface area contributed by atoms with Gasteiger partial charge < -0.3 is 9.64 Å².